The van der Waals surface area contributed by atoms with Gasteiger partial charge in [0.1, 0.15) is 6.10 Å². The molecule has 0 radical (unpaired) electrons. The number of esters is 1. The SMILES string of the molecule is CCCCCCCC(CC(=O)O)OC(C)=O. The van der Waals surface area contributed by atoms with E-state index in [1.165, 1.54) is 19.8 Å². The number of carbonyl (C=O) groups excluding carboxylic acids is 1. The van der Waals surface area contributed by atoms with Gasteiger partial charge in [0.2, 0.25) is 0 Å². The first kappa shape index (κ1) is 14.9. The third-order valence-electron chi connectivity index (χ3n) is 2.36. The molecule has 4 heteroatoms. The Kier molecular flexibility index (Phi) is 8.58. The quantitative estimate of drug-likeness (QED) is 0.488. The van der Waals surface area contributed by atoms with Crippen molar-refractivity contribution < 1.29 is 19.4 Å². The van der Waals surface area contributed by atoms with Gasteiger partial charge in [0.05, 0.1) is 6.42 Å². The van der Waals surface area contributed by atoms with E-state index in [9.17, 15) is 9.59 Å². The van der Waals surface area contributed by atoms with Crippen LogP contribution in [-0.4, -0.2) is 23.1 Å². The molecule has 0 aromatic carbocycles. The van der Waals surface area contributed by atoms with Gasteiger partial charge in [-0.3, -0.25) is 9.59 Å². The molecule has 94 valence electrons. The summed E-state index contributed by atoms with van der Waals surface area (Å²) in [6.45, 7) is 3.46. The van der Waals surface area contributed by atoms with Gasteiger partial charge in [-0.1, -0.05) is 32.6 Å². The standard InChI is InChI=1S/C12H22O4/c1-3-4-5-6-7-8-11(9-12(14)15)16-10(2)13/h11H,3-9H2,1-2H3,(H,14,15). The molecular weight excluding hydrogens is 208 g/mol. The van der Waals surface area contributed by atoms with Gasteiger partial charge in [-0.05, 0) is 12.8 Å². The van der Waals surface area contributed by atoms with Crippen LogP contribution in [0.25, 0.3) is 0 Å². The maximum atomic E-state index is 10.8. The molecule has 0 aliphatic heterocycles. The van der Waals surface area contributed by atoms with Gasteiger partial charge >= 0.3 is 11.9 Å². The number of hydrogen-bond donors (Lipinski definition) is 1. The molecule has 0 aliphatic carbocycles. The Morgan fingerprint density at radius 3 is 2.31 bits per heavy atom. The Morgan fingerprint density at radius 1 is 1.19 bits per heavy atom. The van der Waals surface area contributed by atoms with E-state index >= 15 is 0 Å². The Bertz CT molecular complexity index is 197. The molecule has 0 rings (SSSR count). The smallest absolute Gasteiger partial charge is 0.307 e. The molecule has 1 atom stereocenters. The van der Waals surface area contributed by atoms with Gasteiger partial charge in [0.25, 0.3) is 0 Å². The average molecular weight is 230 g/mol. The highest BCUT2D eigenvalue weighted by atomic mass is 16.5. The van der Waals surface area contributed by atoms with E-state index in [1.54, 1.807) is 0 Å². The first-order chi connectivity index (χ1) is 7.56. The topological polar surface area (TPSA) is 63.6 Å². The van der Waals surface area contributed by atoms with Crippen molar-refractivity contribution >= 4 is 11.9 Å². The zero-order chi connectivity index (χ0) is 12.4. The number of rotatable bonds is 9. The van der Waals surface area contributed by atoms with Crippen molar-refractivity contribution in [3.8, 4) is 0 Å². The summed E-state index contributed by atoms with van der Waals surface area (Å²) in [5.74, 6) is -1.32. The fourth-order valence-electron chi connectivity index (χ4n) is 1.61. The van der Waals surface area contributed by atoms with Crippen LogP contribution in [0.3, 0.4) is 0 Å². The predicted molar refractivity (Wildman–Crippen MR) is 61.2 cm³/mol. The summed E-state index contributed by atoms with van der Waals surface area (Å²) in [5.41, 5.74) is 0. The minimum atomic E-state index is -0.917. The van der Waals surface area contributed by atoms with Gasteiger partial charge in [-0.2, -0.15) is 0 Å². The molecule has 0 amide bonds. The summed E-state index contributed by atoms with van der Waals surface area (Å²) < 4.78 is 4.95. The summed E-state index contributed by atoms with van der Waals surface area (Å²) in [7, 11) is 0. The van der Waals surface area contributed by atoms with Crippen molar-refractivity contribution in [2.45, 2.75) is 64.9 Å². The van der Waals surface area contributed by atoms with Crippen molar-refractivity contribution in [2.24, 2.45) is 0 Å². The maximum absolute atomic E-state index is 10.8. The Labute approximate surface area is 97.0 Å². The molecule has 0 saturated heterocycles. The monoisotopic (exact) mass is 230 g/mol. The molecule has 0 bridgehead atoms. The summed E-state index contributed by atoms with van der Waals surface area (Å²) in [6.07, 6.45) is 5.65. The largest absolute Gasteiger partial charge is 0.481 e. The average Bonchev–Trinajstić information content (AvgIpc) is 2.15. The molecule has 0 aromatic heterocycles. The number of unbranched alkanes of at least 4 members (excludes halogenated alkanes) is 4. The number of ether oxygens (including phenoxy) is 1. The second-order valence-electron chi connectivity index (χ2n) is 4.03. The zero-order valence-electron chi connectivity index (χ0n) is 10.2. The van der Waals surface area contributed by atoms with Crippen LogP contribution in [0.2, 0.25) is 0 Å². The van der Waals surface area contributed by atoms with E-state index < -0.39 is 18.0 Å². The van der Waals surface area contributed by atoms with Crippen molar-refractivity contribution in [2.75, 3.05) is 0 Å². The maximum Gasteiger partial charge on any atom is 0.307 e. The van der Waals surface area contributed by atoms with Gasteiger partial charge in [0, 0.05) is 6.92 Å². The normalized spacial score (nSPS) is 12.1. The molecule has 0 heterocycles. The minimum absolute atomic E-state index is 0.0899. The number of aliphatic carboxylic acids is 1. The van der Waals surface area contributed by atoms with Crippen LogP contribution in [0.4, 0.5) is 0 Å². The van der Waals surface area contributed by atoms with Crippen LogP contribution >= 0.6 is 0 Å². The molecule has 0 spiro atoms. The van der Waals surface area contributed by atoms with E-state index in [1.807, 2.05) is 0 Å². The van der Waals surface area contributed by atoms with Crippen LogP contribution in [0, 0.1) is 0 Å². The molecule has 16 heavy (non-hydrogen) atoms. The molecular formula is C12H22O4. The highest BCUT2D eigenvalue weighted by Gasteiger charge is 2.15. The lowest BCUT2D eigenvalue weighted by atomic mass is 10.1. The lowest BCUT2D eigenvalue weighted by molar-refractivity contribution is -0.151. The summed E-state index contributed by atoms with van der Waals surface area (Å²) >= 11 is 0. The minimum Gasteiger partial charge on any atom is -0.481 e. The fraction of sp³-hybridized carbons (Fsp3) is 0.833. The second-order valence-corrected chi connectivity index (χ2v) is 4.03. The number of carbonyl (C=O) groups is 2. The highest BCUT2D eigenvalue weighted by Crippen LogP contribution is 2.12. The van der Waals surface area contributed by atoms with Crippen LogP contribution < -0.4 is 0 Å². The van der Waals surface area contributed by atoms with Crippen molar-refractivity contribution in [1.29, 1.82) is 0 Å². The van der Waals surface area contributed by atoms with E-state index in [0.29, 0.717) is 6.42 Å². The van der Waals surface area contributed by atoms with Crippen molar-refractivity contribution in [3.05, 3.63) is 0 Å². The molecule has 1 N–H and O–H groups in total. The van der Waals surface area contributed by atoms with Gasteiger partial charge in [-0.25, -0.2) is 0 Å². The van der Waals surface area contributed by atoms with Gasteiger partial charge < -0.3 is 9.84 Å². The third kappa shape index (κ3) is 9.49. The van der Waals surface area contributed by atoms with E-state index in [2.05, 4.69) is 6.92 Å². The number of carboxylic acid groups (broad SMARTS) is 1. The van der Waals surface area contributed by atoms with Crippen LogP contribution in [0.15, 0.2) is 0 Å². The van der Waals surface area contributed by atoms with Crippen LogP contribution in [0.5, 0.6) is 0 Å². The Morgan fingerprint density at radius 2 is 1.81 bits per heavy atom. The first-order valence-electron chi connectivity index (χ1n) is 5.95. The fourth-order valence-corrected chi connectivity index (χ4v) is 1.61. The first-order valence-corrected chi connectivity index (χ1v) is 5.95. The summed E-state index contributed by atoms with van der Waals surface area (Å²) in [6, 6.07) is 0. The van der Waals surface area contributed by atoms with Crippen molar-refractivity contribution in [1.82, 2.24) is 0 Å². The van der Waals surface area contributed by atoms with E-state index in [-0.39, 0.29) is 6.42 Å². The lowest BCUT2D eigenvalue weighted by Gasteiger charge is -2.14. The molecule has 4 nitrogen and oxygen atoms in total. The van der Waals surface area contributed by atoms with E-state index in [4.69, 9.17) is 9.84 Å². The molecule has 0 aliphatic rings. The molecule has 0 fully saturated rings. The Balaban J connectivity index is 3.73. The second kappa shape index (κ2) is 9.19. The number of hydrogen-bond acceptors (Lipinski definition) is 3. The highest BCUT2D eigenvalue weighted by molar-refractivity contribution is 5.69. The Hall–Kier alpha value is -1.06. The molecule has 1 unspecified atom stereocenters. The third-order valence-corrected chi connectivity index (χ3v) is 2.36. The predicted octanol–water partition coefficient (Wildman–Crippen LogP) is 2.75. The van der Waals surface area contributed by atoms with Crippen LogP contribution in [-0.2, 0) is 14.3 Å². The lowest BCUT2D eigenvalue weighted by Crippen LogP contribution is -2.20. The molecule has 0 saturated carbocycles. The van der Waals surface area contributed by atoms with Crippen LogP contribution in [0.1, 0.15) is 58.8 Å². The van der Waals surface area contributed by atoms with Gasteiger partial charge in [-0.15, -0.1) is 0 Å². The van der Waals surface area contributed by atoms with Gasteiger partial charge in [0.15, 0.2) is 0 Å². The summed E-state index contributed by atoms with van der Waals surface area (Å²) in [4.78, 5) is 21.3. The molecule has 0 aromatic rings. The number of carboxylic acids is 1. The summed E-state index contributed by atoms with van der Waals surface area (Å²) in [5, 5.41) is 8.65. The van der Waals surface area contributed by atoms with Crippen molar-refractivity contribution in [3.63, 3.8) is 0 Å². The zero-order valence-corrected chi connectivity index (χ0v) is 10.2. The van der Waals surface area contributed by atoms with E-state index in [0.717, 1.165) is 19.3 Å².